The standard InChI is InChI=1S/C11H21F3N2O/c1-10-3-4-15-5-7-16(10)6-2-8-17-9-11(12,13)14/h10,15H,2-9H2,1H3. The fourth-order valence-electron chi connectivity index (χ4n) is 1.95. The normalized spacial score (nSPS) is 23.6. The molecule has 1 heterocycles. The topological polar surface area (TPSA) is 24.5 Å². The molecule has 0 spiro atoms. The fourth-order valence-corrected chi connectivity index (χ4v) is 1.95. The van der Waals surface area contributed by atoms with Gasteiger partial charge in [0.2, 0.25) is 0 Å². The van der Waals surface area contributed by atoms with Gasteiger partial charge < -0.3 is 10.1 Å². The lowest BCUT2D eigenvalue weighted by molar-refractivity contribution is -0.174. The van der Waals surface area contributed by atoms with Crippen LogP contribution in [0.5, 0.6) is 0 Å². The van der Waals surface area contributed by atoms with Gasteiger partial charge in [-0.2, -0.15) is 13.2 Å². The van der Waals surface area contributed by atoms with Crippen molar-refractivity contribution in [3.05, 3.63) is 0 Å². The van der Waals surface area contributed by atoms with Gasteiger partial charge in [-0.3, -0.25) is 4.90 Å². The first kappa shape index (κ1) is 14.7. The van der Waals surface area contributed by atoms with Crippen molar-refractivity contribution in [2.24, 2.45) is 0 Å². The van der Waals surface area contributed by atoms with Crippen LogP contribution in [0.15, 0.2) is 0 Å². The van der Waals surface area contributed by atoms with E-state index >= 15 is 0 Å². The van der Waals surface area contributed by atoms with Gasteiger partial charge in [-0.05, 0) is 26.3 Å². The minimum atomic E-state index is -4.21. The van der Waals surface area contributed by atoms with Crippen LogP contribution >= 0.6 is 0 Å². The highest BCUT2D eigenvalue weighted by Gasteiger charge is 2.27. The molecule has 0 bridgehead atoms. The van der Waals surface area contributed by atoms with E-state index in [2.05, 4.69) is 21.9 Å². The monoisotopic (exact) mass is 254 g/mol. The lowest BCUT2D eigenvalue weighted by atomic mass is 10.2. The summed E-state index contributed by atoms with van der Waals surface area (Å²) < 4.78 is 40.0. The van der Waals surface area contributed by atoms with Crippen LogP contribution in [0, 0.1) is 0 Å². The molecule has 1 saturated heterocycles. The SMILES string of the molecule is CC1CCNCCN1CCCOCC(F)(F)F. The molecule has 0 aromatic carbocycles. The molecule has 1 N–H and O–H groups in total. The van der Waals surface area contributed by atoms with Crippen molar-refractivity contribution in [2.75, 3.05) is 39.4 Å². The molecule has 0 aromatic rings. The third kappa shape index (κ3) is 6.85. The van der Waals surface area contributed by atoms with Gasteiger partial charge in [0.1, 0.15) is 6.61 Å². The van der Waals surface area contributed by atoms with Crippen molar-refractivity contribution in [1.29, 1.82) is 0 Å². The average molecular weight is 254 g/mol. The lowest BCUT2D eigenvalue weighted by Crippen LogP contribution is -2.35. The van der Waals surface area contributed by atoms with E-state index in [-0.39, 0.29) is 6.61 Å². The van der Waals surface area contributed by atoms with E-state index in [0.29, 0.717) is 12.5 Å². The Hall–Kier alpha value is -0.330. The number of hydrogen-bond donors (Lipinski definition) is 1. The molecule has 6 heteroatoms. The lowest BCUT2D eigenvalue weighted by Gasteiger charge is -2.26. The first-order chi connectivity index (χ1) is 7.99. The second-order valence-corrected chi connectivity index (χ2v) is 4.44. The summed E-state index contributed by atoms with van der Waals surface area (Å²) in [6.45, 7) is 4.93. The third-order valence-electron chi connectivity index (χ3n) is 2.94. The summed E-state index contributed by atoms with van der Waals surface area (Å²) in [7, 11) is 0. The number of halogens is 3. The molecular weight excluding hydrogens is 233 g/mol. The number of hydrogen-bond acceptors (Lipinski definition) is 3. The van der Waals surface area contributed by atoms with Crippen LogP contribution in [0.25, 0.3) is 0 Å². The summed E-state index contributed by atoms with van der Waals surface area (Å²) in [4.78, 5) is 2.30. The zero-order valence-electron chi connectivity index (χ0n) is 10.2. The van der Waals surface area contributed by atoms with Gasteiger partial charge in [0.15, 0.2) is 0 Å². The Balaban J connectivity index is 2.08. The summed E-state index contributed by atoms with van der Waals surface area (Å²) in [5.41, 5.74) is 0. The van der Waals surface area contributed by atoms with Gasteiger partial charge in [-0.15, -0.1) is 0 Å². The summed E-state index contributed by atoms with van der Waals surface area (Å²) in [6.07, 6.45) is -2.47. The van der Waals surface area contributed by atoms with Crippen LogP contribution in [0.2, 0.25) is 0 Å². The van der Waals surface area contributed by atoms with Crippen molar-refractivity contribution >= 4 is 0 Å². The molecule has 0 saturated carbocycles. The molecule has 1 aliphatic heterocycles. The summed E-state index contributed by atoms with van der Waals surface area (Å²) >= 11 is 0. The molecule has 17 heavy (non-hydrogen) atoms. The minimum absolute atomic E-state index is 0.177. The van der Waals surface area contributed by atoms with Crippen LogP contribution in [-0.2, 0) is 4.74 Å². The summed E-state index contributed by atoms with van der Waals surface area (Å²) in [5, 5.41) is 3.31. The van der Waals surface area contributed by atoms with E-state index < -0.39 is 12.8 Å². The molecule has 1 aliphatic rings. The van der Waals surface area contributed by atoms with Crippen LogP contribution in [0.1, 0.15) is 19.8 Å². The van der Waals surface area contributed by atoms with Crippen molar-refractivity contribution < 1.29 is 17.9 Å². The van der Waals surface area contributed by atoms with Crippen LogP contribution in [-0.4, -0.2) is 56.5 Å². The second-order valence-electron chi connectivity index (χ2n) is 4.44. The van der Waals surface area contributed by atoms with E-state index in [9.17, 15) is 13.2 Å². The van der Waals surface area contributed by atoms with Crippen LogP contribution < -0.4 is 5.32 Å². The predicted molar refractivity (Wildman–Crippen MR) is 60.0 cm³/mol. The molecule has 1 atom stereocenters. The maximum absolute atomic E-state index is 11.8. The number of rotatable bonds is 5. The molecule has 1 unspecified atom stereocenters. The average Bonchev–Trinajstić information content (AvgIpc) is 2.42. The van der Waals surface area contributed by atoms with Gasteiger partial charge >= 0.3 is 6.18 Å². The molecule has 1 fully saturated rings. The number of ether oxygens (including phenoxy) is 1. The number of alkyl halides is 3. The quantitative estimate of drug-likeness (QED) is 0.755. The van der Waals surface area contributed by atoms with Crippen LogP contribution in [0.4, 0.5) is 13.2 Å². The molecule has 0 aliphatic carbocycles. The number of nitrogens with zero attached hydrogens (tertiary/aromatic N) is 1. The Morgan fingerprint density at radius 2 is 2.12 bits per heavy atom. The molecule has 0 amide bonds. The highest BCUT2D eigenvalue weighted by atomic mass is 19.4. The summed E-state index contributed by atoms with van der Waals surface area (Å²) in [6, 6.07) is 0.493. The van der Waals surface area contributed by atoms with Crippen molar-refractivity contribution in [1.82, 2.24) is 10.2 Å². The third-order valence-corrected chi connectivity index (χ3v) is 2.94. The second kappa shape index (κ2) is 7.18. The van der Waals surface area contributed by atoms with Gasteiger partial charge in [-0.1, -0.05) is 0 Å². The van der Waals surface area contributed by atoms with Gasteiger partial charge in [-0.25, -0.2) is 0 Å². The van der Waals surface area contributed by atoms with E-state index in [0.717, 1.165) is 32.6 Å². The Labute approximate surface area is 100 Å². The smallest absolute Gasteiger partial charge is 0.372 e. The van der Waals surface area contributed by atoms with E-state index in [1.807, 2.05) is 0 Å². The van der Waals surface area contributed by atoms with Gasteiger partial charge in [0.05, 0.1) is 0 Å². The largest absolute Gasteiger partial charge is 0.411 e. The summed E-state index contributed by atoms with van der Waals surface area (Å²) in [5.74, 6) is 0. The first-order valence-corrected chi connectivity index (χ1v) is 6.08. The zero-order chi connectivity index (χ0) is 12.7. The van der Waals surface area contributed by atoms with Crippen LogP contribution in [0.3, 0.4) is 0 Å². The first-order valence-electron chi connectivity index (χ1n) is 6.08. The molecule has 102 valence electrons. The Morgan fingerprint density at radius 3 is 2.82 bits per heavy atom. The van der Waals surface area contributed by atoms with Gasteiger partial charge in [0, 0.05) is 32.3 Å². The van der Waals surface area contributed by atoms with Crippen molar-refractivity contribution in [2.45, 2.75) is 32.0 Å². The maximum atomic E-state index is 11.8. The molecule has 1 rings (SSSR count). The van der Waals surface area contributed by atoms with E-state index in [4.69, 9.17) is 0 Å². The Morgan fingerprint density at radius 1 is 1.35 bits per heavy atom. The molecule has 3 nitrogen and oxygen atoms in total. The van der Waals surface area contributed by atoms with Crippen molar-refractivity contribution in [3.8, 4) is 0 Å². The molecule has 0 aromatic heterocycles. The van der Waals surface area contributed by atoms with Crippen molar-refractivity contribution in [3.63, 3.8) is 0 Å². The van der Waals surface area contributed by atoms with E-state index in [1.165, 1.54) is 0 Å². The van der Waals surface area contributed by atoms with Gasteiger partial charge in [0.25, 0.3) is 0 Å². The highest BCUT2D eigenvalue weighted by Crippen LogP contribution is 2.14. The molecule has 0 radical (unpaired) electrons. The Kier molecular flexibility index (Phi) is 6.22. The van der Waals surface area contributed by atoms with E-state index in [1.54, 1.807) is 0 Å². The number of nitrogens with one attached hydrogen (secondary N) is 1. The fraction of sp³-hybridized carbons (Fsp3) is 1.00. The highest BCUT2D eigenvalue weighted by molar-refractivity contribution is 4.73. The zero-order valence-corrected chi connectivity index (χ0v) is 10.2. The minimum Gasteiger partial charge on any atom is -0.372 e. The molecular formula is C11H21F3N2O. The Bertz CT molecular complexity index is 211. The predicted octanol–water partition coefficient (Wildman–Crippen LogP) is 1.64. The maximum Gasteiger partial charge on any atom is 0.411 e.